The van der Waals surface area contributed by atoms with Gasteiger partial charge in [-0.2, -0.15) is 0 Å². The van der Waals surface area contributed by atoms with E-state index < -0.39 is 0 Å². The van der Waals surface area contributed by atoms with Crippen LogP contribution in [0.4, 0.5) is 0 Å². The summed E-state index contributed by atoms with van der Waals surface area (Å²) in [6.45, 7) is 2.72. The van der Waals surface area contributed by atoms with Crippen molar-refractivity contribution in [3.63, 3.8) is 0 Å². The normalized spacial score (nSPS) is 19.5. The van der Waals surface area contributed by atoms with Crippen LogP contribution in [-0.4, -0.2) is 44.2 Å². The monoisotopic (exact) mass is 282 g/mol. The highest BCUT2D eigenvalue weighted by molar-refractivity contribution is 6.31. The molecule has 1 saturated heterocycles. The Balaban J connectivity index is 2.16. The third-order valence-electron chi connectivity index (χ3n) is 3.35. The molecule has 4 nitrogen and oxygen atoms in total. The van der Waals surface area contributed by atoms with E-state index in [1.165, 1.54) is 0 Å². The van der Waals surface area contributed by atoms with Gasteiger partial charge in [0.25, 0.3) is 0 Å². The molecular formula is C14H19ClN2O2. The molecule has 1 fully saturated rings. The number of benzene rings is 1. The summed E-state index contributed by atoms with van der Waals surface area (Å²) in [5, 5.41) is 4.03. The van der Waals surface area contributed by atoms with Gasteiger partial charge >= 0.3 is 0 Å². The Labute approximate surface area is 118 Å². The molecule has 5 heteroatoms. The Morgan fingerprint density at radius 2 is 2.32 bits per heavy atom. The average molecular weight is 283 g/mol. The molecule has 1 aromatic rings. The third kappa shape index (κ3) is 3.47. The fourth-order valence-corrected chi connectivity index (χ4v) is 2.62. The van der Waals surface area contributed by atoms with E-state index in [1.54, 1.807) is 7.11 Å². The molecule has 1 atom stereocenters. The number of methoxy groups -OCH3 is 1. The minimum absolute atomic E-state index is 0.00630. The Hall–Kier alpha value is -1.10. The molecule has 1 N–H and O–H groups in total. The number of halogens is 1. The number of nitrogens with one attached hydrogen (secondary N) is 1. The van der Waals surface area contributed by atoms with Crippen LogP contribution in [0.3, 0.4) is 0 Å². The van der Waals surface area contributed by atoms with Crippen LogP contribution >= 0.6 is 11.6 Å². The number of amides is 1. The lowest BCUT2D eigenvalue weighted by molar-refractivity contribution is -0.135. The summed E-state index contributed by atoms with van der Waals surface area (Å²) < 4.78 is 4.98. The lowest BCUT2D eigenvalue weighted by Gasteiger charge is -2.37. The SMILES string of the molecule is COCCC(=O)N1CCNCC1c1ccccc1Cl. The van der Waals surface area contributed by atoms with E-state index in [2.05, 4.69) is 5.32 Å². The highest BCUT2D eigenvalue weighted by atomic mass is 35.5. The van der Waals surface area contributed by atoms with Crippen LogP contribution in [-0.2, 0) is 9.53 Å². The first-order chi connectivity index (χ1) is 9.24. The lowest BCUT2D eigenvalue weighted by Crippen LogP contribution is -2.49. The molecule has 2 rings (SSSR count). The van der Waals surface area contributed by atoms with Gasteiger partial charge in [-0.25, -0.2) is 0 Å². The van der Waals surface area contributed by atoms with Crippen molar-refractivity contribution in [2.45, 2.75) is 12.5 Å². The molecule has 0 aromatic heterocycles. The summed E-state index contributed by atoms with van der Waals surface area (Å²) in [7, 11) is 1.61. The van der Waals surface area contributed by atoms with E-state index in [9.17, 15) is 4.79 Å². The first kappa shape index (κ1) is 14.3. The van der Waals surface area contributed by atoms with Crippen LogP contribution in [0, 0.1) is 0 Å². The van der Waals surface area contributed by atoms with Gasteiger partial charge in [0.1, 0.15) is 0 Å². The number of carbonyl (C=O) groups is 1. The second-order valence-corrected chi connectivity index (χ2v) is 4.98. The first-order valence-corrected chi connectivity index (χ1v) is 6.85. The minimum atomic E-state index is 0.00630. The highest BCUT2D eigenvalue weighted by Gasteiger charge is 2.28. The van der Waals surface area contributed by atoms with Crippen LogP contribution in [0.25, 0.3) is 0 Å². The molecule has 1 aliphatic heterocycles. The number of piperazine rings is 1. The topological polar surface area (TPSA) is 41.6 Å². The fourth-order valence-electron chi connectivity index (χ4n) is 2.36. The fraction of sp³-hybridized carbons (Fsp3) is 0.500. The van der Waals surface area contributed by atoms with E-state index in [0.29, 0.717) is 24.6 Å². The third-order valence-corrected chi connectivity index (χ3v) is 3.69. The Bertz CT molecular complexity index is 439. The summed E-state index contributed by atoms with van der Waals surface area (Å²) in [5.41, 5.74) is 1.00. The predicted octanol–water partition coefficient (Wildman–Crippen LogP) is 1.85. The van der Waals surface area contributed by atoms with Crippen molar-refractivity contribution in [2.24, 2.45) is 0 Å². The van der Waals surface area contributed by atoms with Gasteiger partial charge in [-0.05, 0) is 11.6 Å². The van der Waals surface area contributed by atoms with E-state index in [0.717, 1.165) is 18.7 Å². The Morgan fingerprint density at radius 1 is 1.53 bits per heavy atom. The molecule has 0 radical (unpaired) electrons. The number of nitrogens with zero attached hydrogens (tertiary/aromatic N) is 1. The standard InChI is InChI=1S/C14H19ClN2O2/c1-19-9-6-14(18)17-8-7-16-10-13(17)11-4-2-3-5-12(11)15/h2-5,13,16H,6-10H2,1H3. The highest BCUT2D eigenvalue weighted by Crippen LogP contribution is 2.28. The number of ether oxygens (including phenoxy) is 1. The Kier molecular flexibility index (Phi) is 5.19. The summed E-state index contributed by atoms with van der Waals surface area (Å²) in [6.07, 6.45) is 0.414. The maximum absolute atomic E-state index is 12.2. The number of rotatable bonds is 4. The van der Waals surface area contributed by atoms with Gasteiger partial charge < -0.3 is 15.0 Å². The molecule has 1 amide bonds. The molecule has 0 bridgehead atoms. The van der Waals surface area contributed by atoms with Gasteiger partial charge in [-0.3, -0.25) is 4.79 Å². The molecule has 0 spiro atoms. The first-order valence-electron chi connectivity index (χ1n) is 6.47. The molecule has 1 aliphatic rings. The summed E-state index contributed by atoms with van der Waals surface area (Å²) in [6, 6.07) is 7.71. The largest absolute Gasteiger partial charge is 0.384 e. The average Bonchev–Trinajstić information content (AvgIpc) is 2.45. The Morgan fingerprint density at radius 3 is 3.05 bits per heavy atom. The summed E-state index contributed by atoms with van der Waals surface area (Å²) in [4.78, 5) is 14.1. The maximum Gasteiger partial charge on any atom is 0.225 e. The molecule has 1 aromatic carbocycles. The van der Waals surface area contributed by atoms with Gasteiger partial charge in [0, 0.05) is 31.8 Å². The summed E-state index contributed by atoms with van der Waals surface area (Å²) >= 11 is 6.24. The van der Waals surface area contributed by atoms with Gasteiger partial charge in [-0.1, -0.05) is 29.8 Å². The molecule has 104 valence electrons. The van der Waals surface area contributed by atoms with E-state index >= 15 is 0 Å². The zero-order valence-corrected chi connectivity index (χ0v) is 11.8. The van der Waals surface area contributed by atoms with Crippen molar-refractivity contribution in [1.82, 2.24) is 10.2 Å². The molecule has 1 unspecified atom stereocenters. The number of hydrogen-bond donors (Lipinski definition) is 1. The molecule has 0 aliphatic carbocycles. The van der Waals surface area contributed by atoms with Crippen molar-refractivity contribution < 1.29 is 9.53 Å². The van der Waals surface area contributed by atoms with Crippen LogP contribution in [0.1, 0.15) is 18.0 Å². The van der Waals surface area contributed by atoms with Crippen molar-refractivity contribution >= 4 is 17.5 Å². The van der Waals surface area contributed by atoms with Gasteiger partial charge in [0.15, 0.2) is 0 Å². The molecule has 0 saturated carbocycles. The molecule has 19 heavy (non-hydrogen) atoms. The molecule has 1 heterocycles. The van der Waals surface area contributed by atoms with Gasteiger partial charge in [0.2, 0.25) is 5.91 Å². The van der Waals surface area contributed by atoms with Crippen LogP contribution in [0.2, 0.25) is 5.02 Å². The van der Waals surface area contributed by atoms with Gasteiger partial charge in [0.05, 0.1) is 19.1 Å². The van der Waals surface area contributed by atoms with Crippen LogP contribution in [0.15, 0.2) is 24.3 Å². The maximum atomic E-state index is 12.2. The number of hydrogen-bond acceptors (Lipinski definition) is 3. The zero-order valence-electron chi connectivity index (χ0n) is 11.1. The van der Waals surface area contributed by atoms with Crippen molar-refractivity contribution in [3.05, 3.63) is 34.9 Å². The minimum Gasteiger partial charge on any atom is -0.384 e. The van der Waals surface area contributed by atoms with Gasteiger partial charge in [-0.15, -0.1) is 0 Å². The van der Waals surface area contributed by atoms with E-state index in [-0.39, 0.29) is 11.9 Å². The lowest BCUT2D eigenvalue weighted by atomic mass is 10.0. The van der Waals surface area contributed by atoms with Crippen molar-refractivity contribution in [2.75, 3.05) is 33.4 Å². The van der Waals surface area contributed by atoms with Crippen molar-refractivity contribution in [3.8, 4) is 0 Å². The zero-order chi connectivity index (χ0) is 13.7. The molecular weight excluding hydrogens is 264 g/mol. The van der Waals surface area contributed by atoms with E-state index in [1.807, 2.05) is 29.2 Å². The quantitative estimate of drug-likeness (QED) is 0.916. The van der Waals surface area contributed by atoms with Crippen LogP contribution in [0.5, 0.6) is 0 Å². The second kappa shape index (κ2) is 6.89. The second-order valence-electron chi connectivity index (χ2n) is 4.57. The van der Waals surface area contributed by atoms with Crippen molar-refractivity contribution in [1.29, 1.82) is 0 Å². The van der Waals surface area contributed by atoms with Crippen LogP contribution < -0.4 is 5.32 Å². The van der Waals surface area contributed by atoms with E-state index in [4.69, 9.17) is 16.3 Å². The number of carbonyl (C=O) groups excluding carboxylic acids is 1. The summed E-state index contributed by atoms with van der Waals surface area (Å²) in [5.74, 6) is 0.119. The smallest absolute Gasteiger partial charge is 0.225 e. The predicted molar refractivity (Wildman–Crippen MR) is 75.3 cm³/mol.